The van der Waals surface area contributed by atoms with Crippen molar-refractivity contribution in [3.63, 3.8) is 0 Å². The largest absolute Gasteiger partial charge is 0.479 e. The molecule has 82 heavy (non-hydrogen) atoms. The molecule has 0 aliphatic carbocycles. The van der Waals surface area contributed by atoms with Crippen molar-refractivity contribution in [2.75, 3.05) is 26.4 Å². The van der Waals surface area contributed by atoms with E-state index in [1.54, 1.807) is 0 Å². The van der Waals surface area contributed by atoms with Crippen molar-refractivity contribution in [2.24, 2.45) is 5.73 Å². The second-order valence-electron chi connectivity index (χ2n) is 22.8. The summed E-state index contributed by atoms with van der Waals surface area (Å²) in [5.74, 6) is -2.48. The van der Waals surface area contributed by atoms with Gasteiger partial charge in [0, 0.05) is 0 Å². The zero-order valence-corrected chi connectivity index (χ0v) is 48.2. The summed E-state index contributed by atoms with van der Waals surface area (Å²) in [6, 6.07) is -2.83. The normalized spacial score (nSPS) is 35.5. The standard InChI is InChI=1S/C56H104N2O24/c1-3-5-7-9-11-13-15-16-17-19-20-22-24-26-33(61)32(58-51(72)34(62)27-25-23-21-18-14-12-10-8-6-4-2)30-75-54-47(71)45(69)48(50(82-54)52(73)74)80-53-38(57)42(66)41(65)37(79-53)31-76-56-49(44(68)40(64)36(29-60)78-56)81-55-46(70)43(67)39(63)35(28-59)77-55/h32-50,53-56,59-71H,3-31,57H2,1-2H3,(H,58,72)(H,73,74)/t32?,33?,34-,35-,36-,37+,38+,39-,40+,41+,42+,43+,44+,45+,46+,47+,48-,49-,50-,53+,54?,55-,56-/m0/s1. The Morgan fingerprint density at radius 3 is 1.41 bits per heavy atom. The highest BCUT2D eigenvalue weighted by Gasteiger charge is 2.55. The highest BCUT2D eigenvalue weighted by molar-refractivity contribution is 5.80. The Kier molecular flexibility index (Phi) is 34.5. The van der Waals surface area contributed by atoms with Gasteiger partial charge in [-0.3, -0.25) is 4.79 Å². The van der Waals surface area contributed by atoms with Crippen molar-refractivity contribution >= 4 is 11.9 Å². The Balaban J connectivity index is 1.38. The van der Waals surface area contributed by atoms with Crippen LogP contribution in [0.2, 0.25) is 0 Å². The summed E-state index contributed by atoms with van der Waals surface area (Å²) in [6.45, 7) is 1.31. The van der Waals surface area contributed by atoms with Crippen molar-refractivity contribution in [1.29, 1.82) is 0 Å². The SMILES string of the molecule is CCCCCCCCCCCCCCCC(O)C(COC1O[C@H](C(=O)O)[C@@H](O[C@H]2O[C@H](CO[C@H]3O[C@@H](CO)[C@@H](O)[C@@H](O)[C@@H]3O[C@@H]3O[C@@H](CO)[C@H](O)[C@@H](O)[C@H]3O)[C@@H](O)[C@H](O)[C@H]2N)[C@H](O)[C@H]1O)NC(=O)[C@@H](O)CCCCCCCCCCCC. The van der Waals surface area contributed by atoms with Crippen molar-refractivity contribution in [3.05, 3.63) is 0 Å². The van der Waals surface area contributed by atoms with Gasteiger partial charge in [0.25, 0.3) is 0 Å². The van der Waals surface area contributed by atoms with Gasteiger partial charge in [-0.05, 0) is 12.8 Å². The first-order valence-electron chi connectivity index (χ1n) is 30.5. The van der Waals surface area contributed by atoms with Crippen molar-refractivity contribution < 1.29 is 119 Å². The van der Waals surface area contributed by atoms with Gasteiger partial charge in [-0.15, -0.1) is 0 Å². The van der Waals surface area contributed by atoms with Crippen LogP contribution in [0.5, 0.6) is 0 Å². The maximum atomic E-state index is 13.4. The third kappa shape index (κ3) is 22.6. The Labute approximate surface area is 482 Å². The van der Waals surface area contributed by atoms with E-state index in [1.807, 2.05) is 0 Å². The Bertz CT molecular complexity index is 1720. The van der Waals surface area contributed by atoms with E-state index in [2.05, 4.69) is 19.2 Å². The smallest absolute Gasteiger partial charge is 0.335 e. The van der Waals surface area contributed by atoms with Gasteiger partial charge in [0.1, 0.15) is 91.6 Å². The number of aliphatic carboxylic acids is 1. The molecule has 4 aliphatic heterocycles. The topological polar surface area (TPSA) is 429 Å². The van der Waals surface area contributed by atoms with E-state index in [4.69, 9.17) is 43.6 Å². The molecule has 0 radical (unpaired) electrons. The Hall–Kier alpha value is -1.94. The second-order valence-corrected chi connectivity index (χ2v) is 22.8. The molecule has 17 N–H and O–H groups in total. The average Bonchev–Trinajstić information content (AvgIpc) is 3.67. The van der Waals surface area contributed by atoms with Crippen LogP contribution in [-0.2, 0) is 47.5 Å². The minimum Gasteiger partial charge on any atom is -0.479 e. The lowest BCUT2D eigenvalue weighted by molar-refractivity contribution is -0.373. The molecule has 4 saturated heterocycles. The molecule has 0 saturated carbocycles. The lowest BCUT2D eigenvalue weighted by Gasteiger charge is -2.47. The summed E-state index contributed by atoms with van der Waals surface area (Å²) in [6.07, 6.45) is -12.6. The number of aliphatic hydroxyl groups is 13. The Morgan fingerprint density at radius 1 is 0.476 bits per heavy atom. The fourth-order valence-electron chi connectivity index (χ4n) is 10.8. The molecular formula is C56H104N2O24. The molecule has 0 aromatic rings. The van der Waals surface area contributed by atoms with Gasteiger partial charge in [-0.2, -0.15) is 0 Å². The number of ether oxygens (including phenoxy) is 8. The number of unbranched alkanes of at least 4 members (excludes halogenated alkanes) is 21. The summed E-state index contributed by atoms with van der Waals surface area (Å²) in [5.41, 5.74) is 6.19. The van der Waals surface area contributed by atoms with Crippen molar-refractivity contribution in [3.8, 4) is 0 Å². The van der Waals surface area contributed by atoms with Crippen LogP contribution in [0.15, 0.2) is 0 Å². The van der Waals surface area contributed by atoms with Gasteiger partial charge in [0.05, 0.1) is 44.6 Å². The highest BCUT2D eigenvalue weighted by atomic mass is 16.8. The Morgan fingerprint density at radius 2 is 0.902 bits per heavy atom. The van der Waals surface area contributed by atoms with Gasteiger partial charge in [-0.1, -0.05) is 162 Å². The fourth-order valence-corrected chi connectivity index (χ4v) is 10.8. The van der Waals surface area contributed by atoms with Crippen LogP contribution in [0.3, 0.4) is 0 Å². The maximum Gasteiger partial charge on any atom is 0.335 e. The zero-order chi connectivity index (χ0) is 60.3. The molecule has 4 aliphatic rings. The maximum absolute atomic E-state index is 13.4. The molecule has 482 valence electrons. The number of nitrogens with two attached hydrogens (primary N) is 1. The quantitative estimate of drug-likeness (QED) is 0.0338. The number of hydrogen-bond acceptors (Lipinski definition) is 24. The number of carbonyl (C=O) groups is 2. The van der Waals surface area contributed by atoms with E-state index in [1.165, 1.54) is 83.5 Å². The third-order valence-electron chi connectivity index (χ3n) is 16.2. The van der Waals surface area contributed by atoms with E-state index in [9.17, 15) is 81.1 Å². The average molecular weight is 1190 g/mol. The number of aliphatic hydroxyl groups excluding tert-OH is 13. The van der Waals surface area contributed by atoms with E-state index < -0.39 is 179 Å². The molecule has 0 aromatic carbocycles. The molecular weight excluding hydrogens is 1080 g/mol. The summed E-state index contributed by atoms with van der Waals surface area (Å²) >= 11 is 0. The van der Waals surface area contributed by atoms with Gasteiger partial charge < -0.3 is 120 Å². The van der Waals surface area contributed by atoms with Crippen LogP contribution in [0.25, 0.3) is 0 Å². The zero-order valence-electron chi connectivity index (χ0n) is 48.2. The predicted molar refractivity (Wildman–Crippen MR) is 291 cm³/mol. The number of carboxylic acid groups (broad SMARTS) is 1. The minimum absolute atomic E-state index is 0.181. The number of amides is 1. The number of carboxylic acids is 1. The molecule has 26 nitrogen and oxygen atoms in total. The van der Waals surface area contributed by atoms with E-state index in [0.717, 1.165) is 51.4 Å². The lowest BCUT2D eigenvalue weighted by atomic mass is 9.95. The molecule has 4 fully saturated rings. The number of nitrogens with one attached hydrogen (secondary N) is 1. The molecule has 26 heteroatoms. The number of rotatable bonds is 41. The van der Waals surface area contributed by atoms with E-state index in [-0.39, 0.29) is 12.8 Å². The first kappa shape index (κ1) is 72.5. The minimum atomic E-state index is -2.14. The van der Waals surface area contributed by atoms with Crippen LogP contribution in [0.1, 0.15) is 174 Å². The summed E-state index contributed by atoms with van der Waals surface area (Å²) in [4.78, 5) is 26.2. The fraction of sp³-hybridized carbons (Fsp3) is 0.964. The number of hydrogen-bond donors (Lipinski definition) is 16. The monoisotopic (exact) mass is 1190 g/mol. The summed E-state index contributed by atoms with van der Waals surface area (Å²) in [5, 5.41) is 153. The molecule has 0 aromatic heterocycles. The summed E-state index contributed by atoms with van der Waals surface area (Å²) in [7, 11) is 0. The first-order valence-corrected chi connectivity index (χ1v) is 30.5. The van der Waals surface area contributed by atoms with Gasteiger partial charge in [0.15, 0.2) is 31.3 Å². The predicted octanol–water partition coefficient (Wildman–Crippen LogP) is -0.667. The van der Waals surface area contributed by atoms with Crippen LogP contribution in [-0.4, -0.2) is 251 Å². The molecule has 3 unspecified atom stereocenters. The molecule has 4 heterocycles. The van der Waals surface area contributed by atoms with E-state index >= 15 is 0 Å². The third-order valence-corrected chi connectivity index (χ3v) is 16.2. The van der Waals surface area contributed by atoms with E-state index in [0.29, 0.717) is 12.8 Å². The highest BCUT2D eigenvalue weighted by Crippen LogP contribution is 2.33. The molecule has 0 spiro atoms. The van der Waals surface area contributed by atoms with Crippen LogP contribution in [0, 0.1) is 0 Å². The van der Waals surface area contributed by atoms with Gasteiger partial charge >= 0.3 is 5.97 Å². The molecule has 0 bridgehead atoms. The van der Waals surface area contributed by atoms with Crippen molar-refractivity contribution in [2.45, 2.75) is 315 Å². The lowest BCUT2D eigenvalue weighted by Crippen LogP contribution is -2.67. The van der Waals surface area contributed by atoms with Crippen LogP contribution < -0.4 is 11.1 Å². The van der Waals surface area contributed by atoms with Crippen LogP contribution in [0.4, 0.5) is 0 Å². The number of carbonyl (C=O) groups excluding carboxylic acids is 1. The van der Waals surface area contributed by atoms with Crippen molar-refractivity contribution in [1.82, 2.24) is 5.32 Å². The molecule has 1 amide bonds. The molecule has 4 rings (SSSR count). The van der Waals surface area contributed by atoms with Gasteiger partial charge in [0.2, 0.25) is 5.91 Å². The first-order chi connectivity index (χ1) is 39.3. The molecule has 23 atom stereocenters. The van der Waals surface area contributed by atoms with Crippen LogP contribution >= 0.6 is 0 Å². The van der Waals surface area contributed by atoms with Gasteiger partial charge in [-0.25, -0.2) is 4.79 Å². The summed E-state index contributed by atoms with van der Waals surface area (Å²) < 4.78 is 45.5. The second kappa shape index (κ2) is 39.1.